The lowest BCUT2D eigenvalue weighted by molar-refractivity contribution is -0.155. The van der Waals surface area contributed by atoms with Crippen molar-refractivity contribution < 1.29 is 76.1 Å². The maximum absolute atomic E-state index is 11.6. The topological polar surface area (TPSA) is 195 Å². The second-order valence-electron chi connectivity index (χ2n) is 13.1. The maximum atomic E-state index is 11.6. The first-order valence-electron chi connectivity index (χ1n) is 18.3. The van der Waals surface area contributed by atoms with Crippen LogP contribution in [0.15, 0.2) is 0 Å². The van der Waals surface area contributed by atoms with E-state index in [1.165, 1.54) is 0 Å². The summed E-state index contributed by atoms with van der Waals surface area (Å²) in [6.45, 7) is 19.7. The van der Waals surface area contributed by atoms with E-state index >= 15 is 0 Å². The number of hydrogen-bond acceptors (Lipinski definition) is 16. The minimum Gasteiger partial charge on any atom is -0.460 e. The smallest absolute Gasteiger partial charge is 0.431 e. The van der Waals surface area contributed by atoms with Gasteiger partial charge in [0.25, 0.3) is 0 Å². The Morgan fingerprint density at radius 2 is 0.755 bits per heavy atom. The van der Waals surface area contributed by atoms with E-state index in [9.17, 15) is 14.4 Å². The van der Waals surface area contributed by atoms with Crippen molar-refractivity contribution in [2.24, 2.45) is 0 Å². The Kier molecular flexibility index (Phi) is 34.0. The standard InChI is InChI=1S/C35H68N2O16/c1-34(2,3)52-32(39)8-7-10-41-12-14-43-16-18-45-20-22-47-24-26-49-28-29-50-27-25-48-23-21-46-19-17-44-15-13-42-11-9-36-31(38)30-51-37-33(40)53-35(4,5)6/h7-30H2,1-6H3,(H,36,38)(H,37,40). The average Bonchev–Trinajstić information content (AvgIpc) is 3.06. The minimum atomic E-state index is -0.767. The largest absolute Gasteiger partial charge is 0.460 e. The Morgan fingerprint density at radius 1 is 0.434 bits per heavy atom. The van der Waals surface area contributed by atoms with Crippen molar-refractivity contribution in [1.82, 2.24) is 10.8 Å². The molecule has 0 aromatic heterocycles. The lowest BCUT2D eigenvalue weighted by atomic mass is 10.2. The number of hydroxylamine groups is 1. The molecular weight excluding hydrogens is 704 g/mol. The van der Waals surface area contributed by atoms with Crippen molar-refractivity contribution >= 4 is 18.0 Å². The van der Waals surface area contributed by atoms with Crippen LogP contribution in [0.2, 0.25) is 0 Å². The second-order valence-corrected chi connectivity index (χ2v) is 13.1. The lowest BCUT2D eigenvalue weighted by Gasteiger charge is -2.19. The van der Waals surface area contributed by atoms with E-state index in [2.05, 4.69) is 5.32 Å². The molecule has 0 saturated carbocycles. The zero-order valence-corrected chi connectivity index (χ0v) is 33.0. The van der Waals surface area contributed by atoms with Gasteiger partial charge >= 0.3 is 12.1 Å². The van der Waals surface area contributed by atoms with E-state index in [1.54, 1.807) is 20.8 Å². The van der Waals surface area contributed by atoms with Gasteiger partial charge in [0.2, 0.25) is 5.91 Å². The molecule has 0 saturated heterocycles. The molecule has 0 fully saturated rings. The Balaban J connectivity index is 3.19. The van der Waals surface area contributed by atoms with Crippen LogP contribution in [0.1, 0.15) is 54.4 Å². The van der Waals surface area contributed by atoms with Crippen LogP contribution in [0.4, 0.5) is 4.79 Å². The van der Waals surface area contributed by atoms with Crippen LogP contribution in [-0.2, 0) is 71.3 Å². The molecule has 0 rings (SSSR count). The van der Waals surface area contributed by atoms with Crippen LogP contribution in [0.5, 0.6) is 0 Å². The molecule has 53 heavy (non-hydrogen) atoms. The van der Waals surface area contributed by atoms with E-state index in [-0.39, 0.29) is 12.6 Å². The first-order chi connectivity index (χ1) is 25.4. The number of nitrogens with one attached hydrogen (secondary N) is 2. The normalized spacial score (nSPS) is 11.8. The number of esters is 1. The Morgan fingerprint density at radius 3 is 1.09 bits per heavy atom. The fraction of sp³-hybridized carbons (Fsp3) is 0.914. The number of hydrogen-bond donors (Lipinski definition) is 2. The zero-order valence-electron chi connectivity index (χ0n) is 33.0. The van der Waals surface area contributed by atoms with Gasteiger partial charge in [-0.2, -0.15) is 5.48 Å². The summed E-state index contributed by atoms with van der Waals surface area (Å²) in [4.78, 5) is 39.5. The highest BCUT2D eigenvalue weighted by Crippen LogP contribution is 2.09. The predicted octanol–water partition coefficient (Wildman–Crippen LogP) is 1.85. The highest BCUT2D eigenvalue weighted by molar-refractivity contribution is 5.77. The average molecular weight is 773 g/mol. The Labute approximate surface area is 315 Å². The molecule has 0 aromatic rings. The summed E-state index contributed by atoms with van der Waals surface area (Å²) < 4.78 is 64.7. The summed E-state index contributed by atoms with van der Waals surface area (Å²) in [5.41, 5.74) is 0.927. The van der Waals surface area contributed by atoms with Crippen molar-refractivity contribution in [2.75, 3.05) is 145 Å². The second kappa shape index (κ2) is 35.5. The molecule has 2 amide bonds. The third kappa shape index (κ3) is 44.1. The van der Waals surface area contributed by atoms with E-state index < -0.39 is 23.2 Å². The maximum Gasteiger partial charge on any atom is 0.431 e. The molecule has 0 aliphatic carbocycles. The predicted molar refractivity (Wildman–Crippen MR) is 192 cm³/mol. The van der Waals surface area contributed by atoms with Crippen LogP contribution in [-0.4, -0.2) is 174 Å². The molecule has 0 atom stereocenters. The summed E-state index contributed by atoms with van der Waals surface area (Å²) in [6, 6.07) is 0. The lowest BCUT2D eigenvalue weighted by Crippen LogP contribution is -2.37. The number of carbonyl (C=O) groups is 3. The third-order valence-electron chi connectivity index (χ3n) is 5.76. The number of amides is 2. The van der Waals surface area contributed by atoms with Gasteiger partial charge in [-0.3, -0.25) is 14.4 Å². The van der Waals surface area contributed by atoms with Gasteiger partial charge in [0.15, 0.2) is 6.61 Å². The molecule has 0 unspecified atom stereocenters. The SMILES string of the molecule is CC(C)(C)OC(=O)CCCOCCOCCOCCOCCOCCOCCOCCOCCOCCOCCNC(=O)CONC(=O)OC(C)(C)C. The summed E-state index contributed by atoms with van der Waals surface area (Å²) in [6.07, 6.45) is 0.201. The number of carbonyl (C=O) groups excluding carboxylic acids is 3. The van der Waals surface area contributed by atoms with Crippen molar-refractivity contribution in [1.29, 1.82) is 0 Å². The number of ether oxygens (including phenoxy) is 12. The Hall–Kier alpha value is -2.23. The molecule has 0 bridgehead atoms. The van der Waals surface area contributed by atoms with Crippen molar-refractivity contribution in [3.63, 3.8) is 0 Å². The molecule has 18 heteroatoms. The first kappa shape index (κ1) is 50.8. The molecule has 0 radical (unpaired) electrons. The van der Waals surface area contributed by atoms with Gasteiger partial charge in [0.1, 0.15) is 11.2 Å². The van der Waals surface area contributed by atoms with E-state index in [4.69, 9.17) is 61.7 Å². The molecular formula is C35H68N2O16. The molecule has 18 nitrogen and oxygen atoms in total. The van der Waals surface area contributed by atoms with Crippen LogP contribution >= 0.6 is 0 Å². The monoisotopic (exact) mass is 772 g/mol. The summed E-state index contributed by atoms with van der Waals surface area (Å²) in [7, 11) is 0. The first-order valence-corrected chi connectivity index (χ1v) is 18.3. The van der Waals surface area contributed by atoms with E-state index in [0.29, 0.717) is 152 Å². The molecule has 0 aliphatic rings. The highest BCUT2D eigenvalue weighted by Gasteiger charge is 2.17. The van der Waals surface area contributed by atoms with E-state index in [0.717, 1.165) is 0 Å². The fourth-order valence-electron chi connectivity index (χ4n) is 3.57. The van der Waals surface area contributed by atoms with E-state index in [1.807, 2.05) is 26.3 Å². The highest BCUT2D eigenvalue weighted by atomic mass is 16.7. The van der Waals surface area contributed by atoms with Crippen LogP contribution in [0.3, 0.4) is 0 Å². The van der Waals surface area contributed by atoms with Gasteiger partial charge in [-0.1, -0.05) is 0 Å². The number of rotatable bonds is 37. The Bertz CT molecular complexity index is 870. The molecule has 0 heterocycles. The molecule has 314 valence electrons. The molecule has 0 spiro atoms. The van der Waals surface area contributed by atoms with Gasteiger partial charge in [-0.25, -0.2) is 4.79 Å². The van der Waals surface area contributed by atoms with Gasteiger partial charge in [0, 0.05) is 19.6 Å². The summed E-state index contributed by atoms with van der Waals surface area (Å²) >= 11 is 0. The third-order valence-corrected chi connectivity index (χ3v) is 5.76. The van der Waals surface area contributed by atoms with Gasteiger partial charge < -0.3 is 62.2 Å². The molecule has 2 N–H and O–H groups in total. The summed E-state index contributed by atoms with van der Waals surface area (Å²) in [5, 5.41) is 2.60. The van der Waals surface area contributed by atoms with Crippen molar-refractivity contribution in [2.45, 2.75) is 65.6 Å². The molecule has 0 aromatic carbocycles. The van der Waals surface area contributed by atoms with Crippen LogP contribution in [0, 0.1) is 0 Å². The quantitative estimate of drug-likeness (QED) is 0.0527. The van der Waals surface area contributed by atoms with Crippen molar-refractivity contribution in [3.8, 4) is 0 Å². The minimum absolute atomic E-state index is 0.210. The zero-order chi connectivity index (χ0) is 39.3. The van der Waals surface area contributed by atoms with Crippen molar-refractivity contribution in [3.05, 3.63) is 0 Å². The van der Waals surface area contributed by atoms with Crippen LogP contribution < -0.4 is 10.8 Å². The summed E-state index contributed by atoms with van der Waals surface area (Å²) in [5.74, 6) is -0.611. The van der Waals surface area contributed by atoms with Crippen LogP contribution in [0.25, 0.3) is 0 Å². The van der Waals surface area contributed by atoms with Gasteiger partial charge in [0.05, 0.1) is 126 Å². The molecule has 0 aliphatic heterocycles. The fourth-order valence-corrected chi connectivity index (χ4v) is 3.57. The van der Waals surface area contributed by atoms with Gasteiger partial charge in [-0.15, -0.1) is 0 Å². The van der Waals surface area contributed by atoms with Gasteiger partial charge in [-0.05, 0) is 48.0 Å².